The molecular weight excluding hydrogens is 218 g/mol. The Morgan fingerprint density at radius 2 is 2.19 bits per heavy atom. The van der Waals surface area contributed by atoms with Gasteiger partial charge in [0.1, 0.15) is 0 Å². The molecular formula is C14H20ClN. The van der Waals surface area contributed by atoms with Crippen LogP contribution < -0.4 is 5.73 Å². The van der Waals surface area contributed by atoms with Crippen molar-refractivity contribution in [3.8, 4) is 0 Å². The van der Waals surface area contributed by atoms with Gasteiger partial charge in [0.15, 0.2) is 0 Å². The SMILES string of the molecule is CC1CCC(N)C(Cc2cccc(Cl)c2)C1. The van der Waals surface area contributed by atoms with Gasteiger partial charge in [-0.15, -0.1) is 0 Å². The second-order valence-electron chi connectivity index (χ2n) is 5.18. The molecule has 0 spiro atoms. The molecule has 0 aromatic heterocycles. The number of rotatable bonds is 2. The molecule has 1 aromatic rings. The van der Waals surface area contributed by atoms with Crippen molar-refractivity contribution < 1.29 is 0 Å². The average molecular weight is 238 g/mol. The van der Waals surface area contributed by atoms with Gasteiger partial charge in [-0.2, -0.15) is 0 Å². The van der Waals surface area contributed by atoms with E-state index in [1.54, 1.807) is 0 Å². The Labute approximate surface area is 103 Å². The molecule has 0 amide bonds. The zero-order valence-electron chi connectivity index (χ0n) is 9.83. The van der Waals surface area contributed by atoms with Crippen LogP contribution >= 0.6 is 11.6 Å². The van der Waals surface area contributed by atoms with Crippen LogP contribution in [0.4, 0.5) is 0 Å². The lowest BCUT2D eigenvalue weighted by molar-refractivity contribution is 0.245. The summed E-state index contributed by atoms with van der Waals surface area (Å²) in [6.45, 7) is 2.33. The summed E-state index contributed by atoms with van der Waals surface area (Å²) >= 11 is 6.00. The Morgan fingerprint density at radius 3 is 2.94 bits per heavy atom. The van der Waals surface area contributed by atoms with Crippen LogP contribution in [-0.2, 0) is 6.42 Å². The molecule has 0 heterocycles. The highest BCUT2D eigenvalue weighted by molar-refractivity contribution is 6.30. The van der Waals surface area contributed by atoms with E-state index in [-0.39, 0.29) is 0 Å². The first kappa shape index (κ1) is 11.9. The lowest BCUT2D eigenvalue weighted by Crippen LogP contribution is -2.36. The monoisotopic (exact) mass is 237 g/mol. The summed E-state index contributed by atoms with van der Waals surface area (Å²) in [5.41, 5.74) is 7.52. The van der Waals surface area contributed by atoms with E-state index in [2.05, 4.69) is 19.1 Å². The Balaban J connectivity index is 2.02. The molecule has 88 valence electrons. The van der Waals surface area contributed by atoms with Crippen LogP contribution in [0.1, 0.15) is 31.7 Å². The molecule has 3 unspecified atom stereocenters. The predicted octanol–water partition coefficient (Wildman–Crippen LogP) is 3.65. The van der Waals surface area contributed by atoms with Gasteiger partial charge >= 0.3 is 0 Å². The minimum absolute atomic E-state index is 0.371. The van der Waals surface area contributed by atoms with Crippen LogP contribution in [-0.4, -0.2) is 6.04 Å². The molecule has 1 nitrogen and oxygen atoms in total. The van der Waals surface area contributed by atoms with Crippen LogP contribution in [0.2, 0.25) is 5.02 Å². The summed E-state index contributed by atoms with van der Waals surface area (Å²) in [7, 11) is 0. The predicted molar refractivity (Wildman–Crippen MR) is 69.6 cm³/mol. The third-order valence-electron chi connectivity index (χ3n) is 3.69. The summed E-state index contributed by atoms with van der Waals surface area (Å²) in [5.74, 6) is 1.45. The molecule has 1 aliphatic rings. The van der Waals surface area contributed by atoms with Gasteiger partial charge in [0.25, 0.3) is 0 Å². The highest BCUT2D eigenvalue weighted by Gasteiger charge is 2.25. The Hall–Kier alpha value is -0.530. The van der Waals surface area contributed by atoms with Gasteiger partial charge in [0, 0.05) is 11.1 Å². The fourth-order valence-corrected chi connectivity index (χ4v) is 2.94. The second kappa shape index (κ2) is 5.20. The highest BCUT2D eigenvalue weighted by atomic mass is 35.5. The van der Waals surface area contributed by atoms with Crippen molar-refractivity contribution in [3.63, 3.8) is 0 Å². The third-order valence-corrected chi connectivity index (χ3v) is 3.93. The van der Waals surface area contributed by atoms with Crippen molar-refractivity contribution in [3.05, 3.63) is 34.9 Å². The minimum Gasteiger partial charge on any atom is -0.327 e. The van der Waals surface area contributed by atoms with E-state index in [1.165, 1.54) is 24.8 Å². The smallest absolute Gasteiger partial charge is 0.0408 e. The van der Waals surface area contributed by atoms with Crippen molar-refractivity contribution in [1.82, 2.24) is 0 Å². The summed E-state index contributed by atoms with van der Waals surface area (Å²) in [6.07, 6.45) is 4.79. The Bertz CT molecular complexity index is 350. The number of nitrogens with two attached hydrogens (primary N) is 1. The van der Waals surface area contributed by atoms with E-state index in [0.717, 1.165) is 17.4 Å². The molecule has 1 aromatic carbocycles. The van der Waals surface area contributed by atoms with Crippen LogP contribution in [0, 0.1) is 11.8 Å². The van der Waals surface area contributed by atoms with E-state index < -0.39 is 0 Å². The molecule has 0 aliphatic heterocycles. The topological polar surface area (TPSA) is 26.0 Å². The van der Waals surface area contributed by atoms with Crippen LogP contribution in [0.5, 0.6) is 0 Å². The van der Waals surface area contributed by atoms with Crippen LogP contribution in [0.25, 0.3) is 0 Å². The van der Waals surface area contributed by atoms with Gasteiger partial charge in [-0.3, -0.25) is 0 Å². The van der Waals surface area contributed by atoms with E-state index >= 15 is 0 Å². The van der Waals surface area contributed by atoms with Gasteiger partial charge in [-0.25, -0.2) is 0 Å². The highest BCUT2D eigenvalue weighted by Crippen LogP contribution is 2.30. The summed E-state index contributed by atoms with van der Waals surface area (Å²) in [6, 6.07) is 8.53. The second-order valence-corrected chi connectivity index (χ2v) is 5.61. The van der Waals surface area contributed by atoms with Gasteiger partial charge in [-0.05, 0) is 55.2 Å². The Morgan fingerprint density at radius 1 is 1.38 bits per heavy atom. The summed E-state index contributed by atoms with van der Waals surface area (Å²) in [5, 5.41) is 0.829. The molecule has 0 saturated heterocycles. The molecule has 1 fully saturated rings. The first-order valence-electron chi connectivity index (χ1n) is 6.15. The molecule has 1 aliphatic carbocycles. The van der Waals surface area contributed by atoms with Crippen molar-refractivity contribution in [1.29, 1.82) is 0 Å². The molecule has 2 rings (SSSR count). The summed E-state index contributed by atoms with van der Waals surface area (Å²) < 4.78 is 0. The molecule has 2 N–H and O–H groups in total. The third kappa shape index (κ3) is 2.99. The first-order valence-corrected chi connectivity index (χ1v) is 6.53. The van der Waals surface area contributed by atoms with Gasteiger partial charge in [-0.1, -0.05) is 30.7 Å². The largest absolute Gasteiger partial charge is 0.327 e. The van der Waals surface area contributed by atoms with E-state index in [9.17, 15) is 0 Å². The fraction of sp³-hybridized carbons (Fsp3) is 0.571. The van der Waals surface area contributed by atoms with E-state index in [0.29, 0.717) is 12.0 Å². The van der Waals surface area contributed by atoms with Gasteiger partial charge in [0.2, 0.25) is 0 Å². The first-order chi connectivity index (χ1) is 7.65. The molecule has 0 bridgehead atoms. The van der Waals surface area contributed by atoms with Crippen molar-refractivity contribution in [2.24, 2.45) is 17.6 Å². The average Bonchev–Trinajstić information content (AvgIpc) is 2.24. The quantitative estimate of drug-likeness (QED) is 0.835. The lowest BCUT2D eigenvalue weighted by atomic mass is 9.76. The van der Waals surface area contributed by atoms with Crippen molar-refractivity contribution >= 4 is 11.6 Å². The normalized spacial score (nSPS) is 30.3. The fourth-order valence-electron chi connectivity index (χ4n) is 2.72. The zero-order valence-corrected chi connectivity index (χ0v) is 10.6. The molecule has 3 atom stereocenters. The van der Waals surface area contributed by atoms with Crippen molar-refractivity contribution in [2.75, 3.05) is 0 Å². The Kier molecular flexibility index (Phi) is 3.88. The van der Waals surface area contributed by atoms with Gasteiger partial charge < -0.3 is 5.73 Å². The van der Waals surface area contributed by atoms with Crippen LogP contribution in [0.15, 0.2) is 24.3 Å². The van der Waals surface area contributed by atoms with Crippen LogP contribution in [0.3, 0.4) is 0 Å². The molecule has 1 saturated carbocycles. The number of hydrogen-bond donors (Lipinski definition) is 1. The standard InChI is InChI=1S/C14H20ClN/c1-10-5-6-14(16)12(7-10)8-11-3-2-4-13(15)9-11/h2-4,9-10,12,14H,5-8,16H2,1H3. The maximum absolute atomic E-state index is 6.19. The van der Waals surface area contributed by atoms with Gasteiger partial charge in [0.05, 0.1) is 0 Å². The molecule has 2 heteroatoms. The number of hydrogen-bond acceptors (Lipinski definition) is 1. The zero-order chi connectivity index (χ0) is 11.5. The number of halogens is 1. The van der Waals surface area contributed by atoms with Crippen molar-refractivity contribution in [2.45, 2.75) is 38.6 Å². The number of benzene rings is 1. The maximum atomic E-state index is 6.19. The van der Waals surface area contributed by atoms with E-state index in [1.807, 2.05) is 12.1 Å². The molecule has 16 heavy (non-hydrogen) atoms. The lowest BCUT2D eigenvalue weighted by Gasteiger charge is -2.32. The minimum atomic E-state index is 0.371. The van der Waals surface area contributed by atoms with E-state index in [4.69, 9.17) is 17.3 Å². The summed E-state index contributed by atoms with van der Waals surface area (Å²) in [4.78, 5) is 0. The maximum Gasteiger partial charge on any atom is 0.0408 e. The molecule has 0 radical (unpaired) electrons.